The summed E-state index contributed by atoms with van der Waals surface area (Å²) >= 11 is 0. The summed E-state index contributed by atoms with van der Waals surface area (Å²) in [7, 11) is -3.46. The number of rotatable bonds is 4. The van der Waals surface area contributed by atoms with Gasteiger partial charge >= 0.3 is 0 Å². The van der Waals surface area contributed by atoms with Crippen molar-refractivity contribution < 1.29 is 12.8 Å². The lowest BCUT2D eigenvalue weighted by Gasteiger charge is -2.29. The molecule has 5 heteroatoms. The Bertz CT molecular complexity index is 777. The van der Waals surface area contributed by atoms with Crippen molar-refractivity contribution in [1.82, 2.24) is 4.31 Å². The van der Waals surface area contributed by atoms with Gasteiger partial charge in [-0.2, -0.15) is 4.31 Å². The summed E-state index contributed by atoms with van der Waals surface area (Å²) in [6.07, 6.45) is 3.54. The largest absolute Gasteiger partial charge is 0.218 e. The fourth-order valence-corrected chi connectivity index (χ4v) is 5.13. The van der Waals surface area contributed by atoms with Crippen LogP contribution in [0.25, 0.3) is 0 Å². The van der Waals surface area contributed by atoms with E-state index < -0.39 is 10.0 Å². The van der Waals surface area contributed by atoms with Crippen LogP contribution in [0.3, 0.4) is 0 Å². The molecule has 0 spiro atoms. The molecule has 2 aromatic carbocycles. The summed E-state index contributed by atoms with van der Waals surface area (Å²) in [4.78, 5) is 0. The quantitative estimate of drug-likeness (QED) is 0.828. The molecule has 0 bridgehead atoms. The van der Waals surface area contributed by atoms with Crippen LogP contribution in [0, 0.1) is 5.82 Å². The van der Waals surface area contributed by atoms with Crippen molar-refractivity contribution >= 4 is 10.0 Å². The number of nitrogens with zero attached hydrogens (tertiary/aromatic N) is 1. The summed E-state index contributed by atoms with van der Waals surface area (Å²) < 4.78 is 41.2. The van der Waals surface area contributed by atoms with Gasteiger partial charge in [-0.3, -0.25) is 0 Å². The zero-order valence-corrected chi connectivity index (χ0v) is 14.4. The number of hydrogen-bond acceptors (Lipinski definition) is 2. The van der Waals surface area contributed by atoms with Crippen LogP contribution in [0.1, 0.15) is 42.9 Å². The molecule has 1 aliphatic heterocycles. The van der Waals surface area contributed by atoms with E-state index in [0.717, 1.165) is 36.8 Å². The van der Waals surface area contributed by atoms with Gasteiger partial charge in [0.2, 0.25) is 10.0 Å². The highest BCUT2D eigenvalue weighted by Crippen LogP contribution is 2.33. The van der Waals surface area contributed by atoms with E-state index in [0.29, 0.717) is 6.54 Å². The molecule has 0 N–H and O–H groups in total. The minimum absolute atomic E-state index is 0.0142. The van der Waals surface area contributed by atoms with Gasteiger partial charge in [-0.1, -0.05) is 55.3 Å². The van der Waals surface area contributed by atoms with E-state index in [-0.39, 0.29) is 17.6 Å². The Hall–Kier alpha value is -1.72. The first-order chi connectivity index (χ1) is 11.6. The topological polar surface area (TPSA) is 37.4 Å². The minimum atomic E-state index is -3.46. The average Bonchev–Trinajstić information content (AvgIpc) is 2.82. The van der Waals surface area contributed by atoms with Gasteiger partial charge in [0.05, 0.1) is 5.75 Å². The minimum Gasteiger partial charge on any atom is -0.212 e. The second-order valence-electron chi connectivity index (χ2n) is 6.27. The lowest BCUT2D eigenvalue weighted by atomic mass is 10.0. The summed E-state index contributed by atoms with van der Waals surface area (Å²) in [6.45, 7) is 0.496. The van der Waals surface area contributed by atoms with E-state index in [2.05, 4.69) is 0 Å². The third-order valence-electron chi connectivity index (χ3n) is 4.49. The van der Waals surface area contributed by atoms with E-state index in [4.69, 9.17) is 0 Å². The Balaban J connectivity index is 1.92. The molecule has 1 fully saturated rings. The van der Waals surface area contributed by atoms with Crippen LogP contribution in [0.4, 0.5) is 4.39 Å². The highest BCUT2D eigenvalue weighted by atomic mass is 32.2. The summed E-state index contributed by atoms with van der Waals surface area (Å²) in [5.74, 6) is -0.336. The Morgan fingerprint density at radius 1 is 1.00 bits per heavy atom. The first-order valence-corrected chi connectivity index (χ1v) is 9.96. The number of sulfonamides is 1. The van der Waals surface area contributed by atoms with E-state index in [9.17, 15) is 12.8 Å². The summed E-state index contributed by atoms with van der Waals surface area (Å²) in [5, 5.41) is 0. The van der Waals surface area contributed by atoms with Crippen LogP contribution < -0.4 is 0 Å². The van der Waals surface area contributed by atoms with Crippen molar-refractivity contribution in [2.24, 2.45) is 0 Å². The summed E-state index contributed by atoms with van der Waals surface area (Å²) in [5.41, 5.74) is 1.52. The molecule has 3 rings (SSSR count). The van der Waals surface area contributed by atoms with Gasteiger partial charge in [-0.25, -0.2) is 12.8 Å². The first-order valence-electron chi connectivity index (χ1n) is 8.35. The molecule has 3 nitrogen and oxygen atoms in total. The second-order valence-corrected chi connectivity index (χ2v) is 8.19. The molecule has 1 aliphatic rings. The Labute approximate surface area is 143 Å². The predicted molar refractivity (Wildman–Crippen MR) is 93.4 cm³/mol. The Morgan fingerprint density at radius 2 is 1.79 bits per heavy atom. The molecule has 1 heterocycles. The standard InChI is InChI=1S/C19H22FNO2S/c20-18-11-7-10-17(14-18)19-12-5-2-6-13-21(19)24(22,23)15-16-8-3-1-4-9-16/h1,3-4,7-11,14,19H,2,5-6,12-13,15H2/t19-/m0/s1. The molecule has 1 atom stereocenters. The van der Waals surface area contributed by atoms with Crippen molar-refractivity contribution in [1.29, 1.82) is 0 Å². The maximum atomic E-state index is 13.6. The lowest BCUT2D eigenvalue weighted by Crippen LogP contribution is -2.35. The van der Waals surface area contributed by atoms with Crippen molar-refractivity contribution in [3.63, 3.8) is 0 Å². The highest BCUT2D eigenvalue weighted by molar-refractivity contribution is 7.88. The predicted octanol–water partition coefficient (Wildman–Crippen LogP) is 4.27. The third-order valence-corrected chi connectivity index (χ3v) is 6.34. The van der Waals surface area contributed by atoms with E-state index in [1.54, 1.807) is 10.4 Å². The van der Waals surface area contributed by atoms with Gasteiger partial charge in [-0.15, -0.1) is 0 Å². The van der Waals surface area contributed by atoms with Gasteiger partial charge in [0.1, 0.15) is 5.82 Å². The molecule has 0 unspecified atom stereocenters. The fourth-order valence-electron chi connectivity index (χ4n) is 3.33. The smallest absolute Gasteiger partial charge is 0.212 e. The first kappa shape index (κ1) is 17.1. The average molecular weight is 347 g/mol. The van der Waals surface area contributed by atoms with E-state index in [1.807, 2.05) is 36.4 Å². The molecule has 128 valence electrons. The van der Waals surface area contributed by atoms with Crippen LogP contribution in [0.5, 0.6) is 0 Å². The van der Waals surface area contributed by atoms with Crippen molar-refractivity contribution in [2.75, 3.05) is 6.54 Å². The normalized spacial score (nSPS) is 19.8. The number of halogens is 1. The van der Waals surface area contributed by atoms with Gasteiger partial charge in [0.25, 0.3) is 0 Å². The number of benzene rings is 2. The Kier molecular flexibility index (Phi) is 5.31. The van der Waals surface area contributed by atoms with Gasteiger partial charge < -0.3 is 0 Å². The molecular formula is C19H22FNO2S. The molecule has 0 radical (unpaired) electrons. The highest BCUT2D eigenvalue weighted by Gasteiger charge is 2.32. The zero-order valence-electron chi connectivity index (χ0n) is 13.6. The van der Waals surface area contributed by atoms with Crippen molar-refractivity contribution in [2.45, 2.75) is 37.5 Å². The van der Waals surface area contributed by atoms with Gasteiger partial charge in [0, 0.05) is 12.6 Å². The zero-order chi connectivity index (χ0) is 17.0. The molecular weight excluding hydrogens is 325 g/mol. The molecule has 1 saturated heterocycles. The monoisotopic (exact) mass is 347 g/mol. The van der Waals surface area contributed by atoms with Gasteiger partial charge in [0.15, 0.2) is 0 Å². The molecule has 0 amide bonds. The van der Waals surface area contributed by atoms with E-state index >= 15 is 0 Å². The molecule has 2 aromatic rings. The lowest BCUT2D eigenvalue weighted by molar-refractivity contribution is 0.327. The molecule has 24 heavy (non-hydrogen) atoms. The van der Waals surface area contributed by atoms with E-state index in [1.165, 1.54) is 12.1 Å². The van der Waals surface area contributed by atoms with Crippen LogP contribution in [0.2, 0.25) is 0 Å². The molecule has 0 aliphatic carbocycles. The second kappa shape index (κ2) is 7.45. The maximum Gasteiger partial charge on any atom is 0.218 e. The van der Waals surface area contributed by atoms with Crippen molar-refractivity contribution in [3.8, 4) is 0 Å². The van der Waals surface area contributed by atoms with Crippen LogP contribution in [0.15, 0.2) is 54.6 Å². The SMILES string of the molecule is O=S(=O)(Cc1ccccc1)N1CCCCC[C@H]1c1cccc(F)c1. The fraction of sp³-hybridized carbons (Fsp3) is 0.368. The Morgan fingerprint density at radius 3 is 2.54 bits per heavy atom. The third kappa shape index (κ3) is 4.02. The van der Waals surface area contributed by atoms with Crippen molar-refractivity contribution in [3.05, 3.63) is 71.5 Å². The van der Waals surface area contributed by atoms with Gasteiger partial charge in [-0.05, 0) is 36.1 Å². The van der Waals surface area contributed by atoms with Crippen LogP contribution in [-0.4, -0.2) is 19.3 Å². The molecule has 0 saturated carbocycles. The molecule has 0 aromatic heterocycles. The maximum absolute atomic E-state index is 13.6. The van der Waals surface area contributed by atoms with Crippen LogP contribution >= 0.6 is 0 Å². The summed E-state index contributed by atoms with van der Waals surface area (Å²) in [6, 6.07) is 15.3. The van der Waals surface area contributed by atoms with Crippen LogP contribution in [-0.2, 0) is 15.8 Å². The number of hydrogen-bond donors (Lipinski definition) is 0.